The van der Waals surface area contributed by atoms with E-state index in [-0.39, 0.29) is 11.7 Å². The molecule has 0 unspecified atom stereocenters. The molecule has 29 heavy (non-hydrogen) atoms. The molecule has 2 N–H and O–H groups in total. The fourth-order valence-corrected chi connectivity index (χ4v) is 2.86. The van der Waals surface area contributed by atoms with Gasteiger partial charge in [-0.15, -0.1) is 0 Å². The van der Waals surface area contributed by atoms with Gasteiger partial charge in [0, 0.05) is 21.8 Å². The topological polar surface area (TPSA) is 67.4 Å². The zero-order valence-electron chi connectivity index (χ0n) is 15.9. The van der Waals surface area contributed by atoms with E-state index >= 15 is 0 Å². The van der Waals surface area contributed by atoms with Gasteiger partial charge in [0.25, 0.3) is 5.91 Å². The highest BCUT2D eigenvalue weighted by Gasteiger charge is 2.22. The van der Waals surface area contributed by atoms with Crippen molar-refractivity contribution in [3.05, 3.63) is 95.0 Å². The van der Waals surface area contributed by atoms with Gasteiger partial charge in [0.05, 0.1) is 6.61 Å². The van der Waals surface area contributed by atoms with Crippen molar-refractivity contribution in [3.63, 3.8) is 0 Å². The number of hydrogen-bond donors (Lipinski definition) is 2. The summed E-state index contributed by atoms with van der Waals surface area (Å²) in [5, 5.41) is 6.39. The summed E-state index contributed by atoms with van der Waals surface area (Å²) in [6, 6.07) is 22.5. The molecule has 0 spiro atoms. The fourth-order valence-electron chi connectivity index (χ4n) is 2.73. The van der Waals surface area contributed by atoms with E-state index in [0.29, 0.717) is 28.4 Å². The third kappa shape index (κ3) is 5.59. The molecular weight excluding hydrogens is 388 g/mol. The van der Waals surface area contributed by atoms with Gasteiger partial charge in [-0.05, 0) is 55.5 Å². The molecule has 0 aliphatic heterocycles. The van der Waals surface area contributed by atoms with Gasteiger partial charge in [-0.2, -0.15) is 0 Å². The zero-order chi connectivity index (χ0) is 20.6. The molecule has 0 radical (unpaired) electrons. The van der Waals surface area contributed by atoms with Gasteiger partial charge in [0.15, 0.2) is 6.17 Å². The molecule has 0 bridgehead atoms. The molecule has 6 heteroatoms. The van der Waals surface area contributed by atoms with Crippen molar-refractivity contribution in [1.82, 2.24) is 5.32 Å². The number of carbonyl (C=O) groups excluding carboxylic acids is 2. The van der Waals surface area contributed by atoms with Crippen LogP contribution >= 0.6 is 11.6 Å². The summed E-state index contributed by atoms with van der Waals surface area (Å²) in [6.07, 6.45) is -0.946. The number of nitrogens with one attached hydrogen (secondary N) is 2. The monoisotopic (exact) mass is 408 g/mol. The molecule has 0 saturated carbocycles. The molecule has 0 heterocycles. The highest BCUT2D eigenvalue weighted by Crippen LogP contribution is 2.17. The van der Waals surface area contributed by atoms with Crippen molar-refractivity contribution in [2.24, 2.45) is 0 Å². The lowest BCUT2D eigenvalue weighted by atomic mass is 10.1. The van der Waals surface area contributed by atoms with Crippen molar-refractivity contribution >= 4 is 29.0 Å². The van der Waals surface area contributed by atoms with Crippen LogP contribution < -0.4 is 15.4 Å². The second-order valence-electron chi connectivity index (χ2n) is 6.25. The number of Topliss-reactive ketones (excluding diaryl/α,β-unsaturated/α-hetero) is 1. The zero-order valence-corrected chi connectivity index (χ0v) is 16.6. The maximum atomic E-state index is 13.0. The Bertz CT molecular complexity index is 958. The van der Waals surface area contributed by atoms with Gasteiger partial charge in [-0.25, -0.2) is 0 Å². The average molecular weight is 409 g/mol. The maximum Gasteiger partial charge on any atom is 0.253 e. The minimum absolute atomic E-state index is 0.248. The second kappa shape index (κ2) is 9.75. The molecule has 1 amide bonds. The quantitative estimate of drug-likeness (QED) is 0.415. The predicted molar refractivity (Wildman–Crippen MR) is 115 cm³/mol. The van der Waals surface area contributed by atoms with Crippen molar-refractivity contribution in [2.45, 2.75) is 13.1 Å². The summed E-state index contributed by atoms with van der Waals surface area (Å²) in [6.45, 7) is 2.48. The van der Waals surface area contributed by atoms with Gasteiger partial charge in [-0.3, -0.25) is 9.59 Å². The van der Waals surface area contributed by atoms with Crippen molar-refractivity contribution < 1.29 is 14.3 Å². The van der Waals surface area contributed by atoms with Crippen molar-refractivity contribution in [3.8, 4) is 5.75 Å². The lowest BCUT2D eigenvalue weighted by Gasteiger charge is -2.21. The summed E-state index contributed by atoms with van der Waals surface area (Å²) < 4.78 is 5.44. The Morgan fingerprint density at radius 2 is 1.55 bits per heavy atom. The number of anilines is 1. The maximum absolute atomic E-state index is 13.0. The molecule has 3 aromatic carbocycles. The summed E-state index contributed by atoms with van der Waals surface area (Å²) in [4.78, 5) is 25.7. The molecular formula is C23H21ClN2O3. The van der Waals surface area contributed by atoms with Gasteiger partial charge in [0.2, 0.25) is 5.78 Å². The molecule has 5 nitrogen and oxygen atoms in total. The van der Waals surface area contributed by atoms with Gasteiger partial charge >= 0.3 is 0 Å². The minimum Gasteiger partial charge on any atom is -0.494 e. The van der Waals surface area contributed by atoms with Crippen LogP contribution in [0.25, 0.3) is 0 Å². The molecule has 0 saturated heterocycles. The average Bonchev–Trinajstić information content (AvgIpc) is 2.75. The number of carbonyl (C=O) groups is 2. The Morgan fingerprint density at radius 1 is 0.897 bits per heavy atom. The van der Waals surface area contributed by atoms with E-state index in [2.05, 4.69) is 10.6 Å². The Balaban J connectivity index is 1.81. The van der Waals surface area contributed by atoms with Crippen LogP contribution in [0.4, 0.5) is 5.69 Å². The molecule has 3 rings (SSSR count). The molecule has 0 aromatic heterocycles. The third-order valence-corrected chi connectivity index (χ3v) is 4.43. The van der Waals surface area contributed by atoms with Crippen LogP contribution in [-0.2, 0) is 0 Å². The predicted octanol–water partition coefficient (Wildman–Crippen LogP) is 4.79. The lowest BCUT2D eigenvalue weighted by molar-refractivity contribution is 0.0869. The molecule has 0 aliphatic rings. The highest BCUT2D eigenvalue weighted by atomic mass is 35.5. The number of rotatable bonds is 8. The summed E-state index contributed by atoms with van der Waals surface area (Å²) in [5.41, 5.74) is 1.58. The molecule has 0 fully saturated rings. The van der Waals surface area contributed by atoms with Gasteiger partial charge in [-0.1, -0.05) is 41.9 Å². The van der Waals surface area contributed by atoms with Crippen LogP contribution in [-0.4, -0.2) is 24.5 Å². The summed E-state index contributed by atoms with van der Waals surface area (Å²) >= 11 is 5.89. The molecule has 0 aliphatic carbocycles. The van der Waals surface area contributed by atoms with E-state index < -0.39 is 6.17 Å². The Morgan fingerprint density at radius 3 is 2.17 bits per heavy atom. The first-order chi connectivity index (χ1) is 14.1. The Kier molecular flexibility index (Phi) is 6.87. The minimum atomic E-state index is -0.946. The standard InChI is InChI=1S/C23H21ClN2O3/c1-2-29-20-14-12-19(13-15-20)25-22(21(27)16-6-4-3-5-7-16)26-23(28)17-8-10-18(24)11-9-17/h3-15,22,25H,2H2,1H3,(H,26,28)/t22-/m0/s1. The number of amides is 1. The smallest absolute Gasteiger partial charge is 0.253 e. The van der Waals surface area contributed by atoms with Crippen LogP contribution in [0.5, 0.6) is 5.75 Å². The van der Waals surface area contributed by atoms with Crippen LogP contribution in [0.15, 0.2) is 78.9 Å². The first-order valence-electron chi connectivity index (χ1n) is 9.22. The summed E-state index contributed by atoms with van der Waals surface area (Å²) in [7, 11) is 0. The number of hydrogen-bond acceptors (Lipinski definition) is 4. The molecule has 148 valence electrons. The number of benzene rings is 3. The lowest BCUT2D eigenvalue weighted by Crippen LogP contribution is -2.46. The fraction of sp³-hybridized carbons (Fsp3) is 0.130. The van der Waals surface area contributed by atoms with Crippen molar-refractivity contribution in [1.29, 1.82) is 0 Å². The van der Waals surface area contributed by atoms with Gasteiger partial charge < -0.3 is 15.4 Å². The third-order valence-electron chi connectivity index (χ3n) is 4.18. The van der Waals surface area contributed by atoms with E-state index in [0.717, 1.165) is 5.75 Å². The highest BCUT2D eigenvalue weighted by molar-refractivity contribution is 6.30. The van der Waals surface area contributed by atoms with Gasteiger partial charge in [0.1, 0.15) is 5.75 Å². The second-order valence-corrected chi connectivity index (χ2v) is 6.68. The van der Waals surface area contributed by atoms with Crippen LogP contribution in [0, 0.1) is 0 Å². The van der Waals surface area contributed by atoms with E-state index in [9.17, 15) is 9.59 Å². The van der Waals surface area contributed by atoms with Crippen LogP contribution in [0.2, 0.25) is 5.02 Å². The van der Waals surface area contributed by atoms with Crippen LogP contribution in [0.3, 0.4) is 0 Å². The van der Waals surface area contributed by atoms with Crippen molar-refractivity contribution in [2.75, 3.05) is 11.9 Å². The largest absolute Gasteiger partial charge is 0.494 e. The van der Waals surface area contributed by atoms with E-state index in [4.69, 9.17) is 16.3 Å². The number of ether oxygens (including phenoxy) is 1. The normalized spacial score (nSPS) is 11.4. The first-order valence-corrected chi connectivity index (χ1v) is 9.59. The SMILES string of the molecule is CCOc1ccc(N[C@@H](NC(=O)c2ccc(Cl)cc2)C(=O)c2ccccc2)cc1. The summed E-state index contributed by atoms with van der Waals surface area (Å²) in [5.74, 6) is 0.102. The van der Waals surface area contributed by atoms with E-state index in [1.165, 1.54) is 0 Å². The number of ketones is 1. The Hall–Kier alpha value is -3.31. The van der Waals surface area contributed by atoms with E-state index in [1.54, 1.807) is 72.8 Å². The molecule has 3 aromatic rings. The van der Waals surface area contributed by atoms with Crippen LogP contribution in [0.1, 0.15) is 27.6 Å². The Labute approximate surface area is 174 Å². The molecule has 1 atom stereocenters. The van der Waals surface area contributed by atoms with E-state index in [1.807, 2.05) is 13.0 Å². The first kappa shape index (κ1) is 20.4. The number of halogens is 1.